The maximum atomic E-state index is 12.3. The minimum absolute atomic E-state index is 0.274. The zero-order valence-corrected chi connectivity index (χ0v) is 7.16. The number of carboxylic acids is 1. The molecule has 0 bridgehead atoms. The molecule has 1 aromatic heterocycles. The second-order valence-corrected chi connectivity index (χ2v) is 2.69. The van der Waals surface area contributed by atoms with Gasteiger partial charge in [0.05, 0.1) is 6.07 Å². The molecule has 0 aliphatic rings. The maximum Gasteiger partial charge on any atom is 0.374 e. The Hall–Kier alpha value is -1.66. The average Bonchev–Trinajstić information content (AvgIpc) is 2.47. The third-order valence-electron chi connectivity index (χ3n) is 1.17. The van der Waals surface area contributed by atoms with Crippen LogP contribution in [0.25, 0.3) is 0 Å². The fourth-order valence-corrected chi connectivity index (χ4v) is 0.628. The van der Waals surface area contributed by atoms with Crippen LogP contribution in [0.5, 0.6) is 5.88 Å². The SMILES string of the molecule is CC(F)(F)COc1cc(C(=O)O)on1. The lowest BCUT2D eigenvalue weighted by Crippen LogP contribution is -2.20. The van der Waals surface area contributed by atoms with Gasteiger partial charge in [0, 0.05) is 6.92 Å². The normalized spacial score (nSPS) is 11.4. The summed E-state index contributed by atoms with van der Waals surface area (Å²) < 4.78 is 33.3. The Kier molecular flexibility index (Phi) is 2.68. The van der Waals surface area contributed by atoms with E-state index in [0.29, 0.717) is 6.92 Å². The molecule has 0 aromatic carbocycles. The van der Waals surface area contributed by atoms with Gasteiger partial charge in [-0.2, -0.15) is 0 Å². The van der Waals surface area contributed by atoms with Gasteiger partial charge in [0.1, 0.15) is 0 Å². The molecule has 5 nitrogen and oxygen atoms in total. The molecule has 0 radical (unpaired) electrons. The van der Waals surface area contributed by atoms with Crippen LogP contribution in [0, 0.1) is 0 Å². The molecule has 1 N–H and O–H groups in total. The van der Waals surface area contributed by atoms with Crippen LogP contribution in [0.15, 0.2) is 10.6 Å². The van der Waals surface area contributed by atoms with Gasteiger partial charge in [0.25, 0.3) is 11.8 Å². The van der Waals surface area contributed by atoms with Crippen LogP contribution < -0.4 is 4.74 Å². The van der Waals surface area contributed by atoms with E-state index in [4.69, 9.17) is 5.11 Å². The largest absolute Gasteiger partial charge is 0.475 e. The molecular formula is C7H7F2NO4. The van der Waals surface area contributed by atoms with Gasteiger partial charge in [-0.3, -0.25) is 0 Å². The first-order valence-electron chi connectivity index (χ1n) is 3.59. The highest BCUT2D eigenvalue weighted by molar-refractivity contribution is 5.84. The Labute approximate surface area is 77.3 Å². The number of halogens is 2. The second kappa shape index (κ2) is 3.60. The van der Waals surface area contributed by atoms with Crippen molar-refractivity contribution in [3.63, 3.8) is 0 Å². The van der Waals surface area contributed by atoms with Crippen molar-refractivity contribution in [2.24, 2.45) is 0 Å². The van der Waals surface area contributed by atoms with Gasteiger partial charge >= 0.3 is 5.97 Å². The van der Waals surface area contributed by atoms with Crippen molar-refractivity contribution in [3.8, 4) is 5.88 Å². The predicted octanol–water partition coefficient (Wildman–Crippen LogP) is 1.41. The predicted molar refractivity (Wildman–Crippen MR) is 39.6 cm³/mol. The zero-order valence-electron chi connectivity index (χ0n) is 7.16. The fourth-order valence-electron chi connectivity index (χ4n) is 0.628. The first-order valence-corrected chi connectivity index (χ1v) is 3.59. The number of aromatic nitrogens is 1. The van der Waals surface area contributed by atoms with Crippen LogP contribution in [0.1, 0.15) is 17.5 Å². The van der Waals surface area contributed by atoms with Crippen molar-refractivity contribution in [1.29, 1.82) is 0 Å². The standard InChI is InChI=1S/C7H7F2NO4/c1-7(8,9)3-13-5-2-4(6(11)12)14-10-5/h2H,3H2,1H3,(H,11,12). The van der Waals surface area contributed by atoms with Gasteiger partial charge in [-0.1, -0.05) is 0 Å². The molecule has 0 amide bonds. The number of carboxylic acid groups (broad SMARTS) is 1. The summed E-state index contributed by atoms with van der Waals surface area (Å²) in [6.45, 7) is -0.205. The van der Waals surface area contributed by atoms with Gasteiger partial charge < -0.3 is 14.4 Å². The minimum atomic E-state index is -3.00. The van der Waals surface area contributed by atoms with Crippen molar-refractivity contribution in [1.82, 2.24) is 5.16 Å². The van der Waals surface area contributed by atoms with E-state index < -0.39 is 24.3 Å². The molecule has 0 saturated heterocycles. The fraction of sp³-hybridized carbons (Fsp3) is 0.429. The lowest BCUT2D eigenvalue weighted by molar-refractivity contribution is -0.0250. The monoisotopic (exact) mass is 207 g/mol. The highest BCUT2D eigenvalue weighted by atomic mass is 19.3. The Morgan fingerprint density at radius 1 is 1.79 bits per heavy atom. The lowest BCUT2D eigenvalue weighted by Gasteiger charge is -2.08. The van der Waals surface area contributed by atoms with E-state index in [1.165, 1.54) is 0 Å². The summed E-state index contributed by atoms with van der Waals surface area (Å²) in [7, 11) is 0. The number of hydrogen-bond donors (Lipinski definition) is 1. The molecule has 0 aliphatic heterocycles. The van der Waals surface area contributed by atoms with E-state index >= 15 is 0 Å². The number of ether oxygens (including phenoxy) is 1. The van der Waals surface area contributed by atoms with Gasteiger partial charge in [-0.25, -0.2) is 13.6 Å². The number of carbonyl (C=O) groups is 1. The van der Waals surface area contributed by atoms with Crippen LogP contribution in [0.4, 0.5) is 8.78 Å². The Morgan fingerprint density at radius 2 is 2.43 bits per heavy atom. The number of hydrogen-bond acceptors (Lipinski definition) is 4. The lowest BCUT2D eigenvalue weighted by atomic mass is 10.4. The molecule has 0 aliphatic carbocycles. The van der Waals surface area contributed by atoms with Gasteiger partial charge in [0.15, 0.2) is 6.61 Å². The minimum Gasteiger partial charge on any atom is -0.475 e. The quantitative estimate of drug-likeness (QED) is 0.807. The first-order chi connectivity index (χ1) is 6.38. The van der Waals surface area contributed by atoms with E-state index in [1.807, 2.05) is 0 Å². The highest BCUT2D eigenvalue weighted by Gasteiger charge is 2.23. The van der Waals surface area contributed by atoms with E-state index in [0.717, 1.165) is 6.07 Å². The smallest absolute Gasteiger partial charge is 0.374 e. The van der Waals surface area contributed by atoms with Crippen molar-refractivity contribution < 1.29 is 27.9 Å². The van der Waals surface area contributed by atoms with Gasteiger partial charge in [0.2, 0.25) is 5.76 Å². The second-order valence-electron chi connectivity index (χ2n) is 2.69. The van der Waals surface area contributed by atoms with E-state index in [9.17, 15) is 13.6 Å². The highest BCUT2D eigenvalue weighted by Crippen LogP contribution is 2.16. The molecule has 0 fully saturated rings. The number of alkyl halides is 2. The summed E-state index contributed by atoms with van der Waals surface area (Å²) >= 11 is 0. The Bertz CT molecular complexity index is 331. The third kappa shape index (κ3) is 3.00. The number of nitrogens with zero attached hydrogens (tertiary/aromatic N) is 1. The van der Waals surface area contributed by atoms with Crippen LogP contribution in [-0.2, 0) is 0 Å². The van der Waals surface area contributed by atoms with Gasteiger partial charge in [-0.05, 0) is 5.16 Å². The van der Waals surface area contributed by atoms with Crippen LogP contribution >= 0.6 is 0 Å². The molecule has 1 rings (SSSR count). The molecule has 0 unspecified atom stereocenters. The van der Waals surface area contributed by atoms with E-state index in [-0.39, 0.29) is 5.88 Å². The Balaban J connectivity index is 2.56. The van der Waals surface area contributed by atoms with Crippen LogP contribution in [0.3, 0.4) is 0 Å². The maximum absolute atomic E-state index is 12.3. The summed E-state index contributed by atoms with van der Waals surface area (Å²) in [6, 6.07) is 0.925. The summed E-state index contributed by atoms with van der Waals surface area (Å²) in [5.74, 6) is -5.07. The average molecular weight is 207 g/mol. The summed E-state index contributed by atoms with van der Waals surface area (Å²) in [5.41, 5.74) is 0. The van der Waals surface area contributed by atoms with Crippen molar-refractivity contribution in [3.05, 3.63) is 11.8 Å². The zero-order chi connectivity index (χ0) is 10.8. The van der Waals surface area contributed by atoms with E-state index in [1.54, 1.807) is 0 Å². The topological polar surface area (TPSA) is 72.6 Å². The molecule has 0 atom stereocenters. The molecular weight excluding hydrogens is 200 g/mol. The van der Waals surface area contributed by atoms with E-state index in [2.05, 4.69) is 14.4 Å². The number of rotatable bonds is 4. The van der Waals surface area contributed by atoms with Crippen molar-refractivity contribution >= 4 is 5.97 Å². The summed E-state index contributed by atoms with van der Waals surface area (Å²) in [5, 5.41) is 11.5. The molecule has 1 aromatic rings. The van der Waals surface area contributed by atoms with Crippen LogP contribution in [-0.4, -0.2) is 28.8 Å². The summed E-state index contributed by atoms with van der Waals surface area (Å²) in [4.78, 5) is 10.3. The van der Waals surface area contributed by atoms with Crippen molar-refractivity contribution in [2.75, 3.05) is 6.61 Å². The van der Waals surface area contributed by atoms with Gasteiger partial charge in [-0.15, -0.1) is 0 Å². The molecule has 1 heterocycles. The first kappa shape index (κ1) is 10.4. The molecule has 0 saturated carbocycles. The molecule has 14 heavy (non-hydrogen) atoms. The molecule has 7 heteroatoms. The third-order valence-corrected chi connectivity index (χ3v) is 1.17. The molecule has 78 valence electrons. The van der Waals surface area contributed by atoms with Crippen LogP contribution in [0.2, 0.25) is 0 Å². The molecule has 0 spiro atoms. The summed E-state index contributed by atoms with van der Waals surface area (Å²) in [6.07, 6.45) is 0. The van der Waals surface area contributed by atoms with Crippen molar-refractivity contribution in [2.45, 2.75) is 12.8 Å². The number of aromatic carboxylic acids is 1. The Morgan fingerprint density at radius 3 is 2.86 bits per heavy atom.